The van der Waals surface area contributed by atoms with Gasteiger partial charge in [0, 0.05) is 12.1 Å². The monoisotopic (exact) mass is 282 g/mol. The van der Waals surface area contributed by atoms with Crippen molar-refractivity contribution in [3.63, 3.8) is 0 Å². The third kappa shape index (κ3) is 2.63. The highest BCUT2D eigenvalue weighted by atomic mass is 19.1. The van der Waals surface area contributed by atoms with Gasteiger partial charge in [0.25, 0.3) is 0 Å². The van der Waals surface area contributed by atoms with Gasteiger partial charge in [0.1, 0.15) is 29.3 Å². The van der Waals surface area contributed by atoms with Crippen molar-refractivity contribution in [2.75, 3.05) is 7.11 Å². The Hall–Kier alpha value is -2.01. The van der Waals surface area contributed by atoms with Gasteiger partial charge in [-0.05, 0) is 24.1 Å². The summed E-state index contributed by atoms with van der Waals surface area (Å²) in [5, 5.41) is 10.0. The van der Waals surface area contributed by atoms with Gasteiger partial charge in [-0.25, -0.2) is 13.2 Å². The summed E-state index contributed by atoms with van der Waals surface area (Å²) in [5.41, 5.74) is -0.0678. The highest BCUT2D eigenvalue weighted by molar-refractivity contribution is 5.37. The lowest BCUT2D eigenvalue weighted by atomic mass is 9.99. The van der Waals surface area contributed by atoms with Gasteiger partial charge >= 0.3 is 0 Å². The number of aliphatic hydroxyl groups is 1. The molecule has 0 amide bonds. The third-order valence-corrected chi connectivity index (χ3v) is 3.07. The maximum Gasteiger partial charge on any atom is 0.135 e. The van der Waals surface area contributed by atoms with Gasteiger partial charge in [0.15, 0.2) is 0 Å². The summed E-state index contributed by atoms with van der Waals surface area (Å²) in [5.74, 6) is -2.44. The zero-order chi connectivity index (χ0) is 14.9. The first kappa shape index (κ1) is 14.4. The van der Waals surface area contributed by atoms with Crippen LogP contribution < -0.4 is 4.74 Å². The van der Waals surface area contributed by atoms with Crippen LogP contribution in [0.4, 0.5) is 13.2 Å². The fourth-order valence-electron chi connectivity index (χ4n) is 1.89. The van der Waals surface area contributed by atoms with Gasteiger partial charge < -0.3 is 9.84 Å². The summed E-state index contributed by atoms with van der Waals surface area (Å²) >= 11 is 0. The van der Waals surface area contributed by atoms with E-state index in [9.17, 15) is 18.3 Å². The predicted octanol–water partition coefficient (Wildman–Crippen LogP) is 3.50. The van der Waals surface area contributed by atoms with Crippen LogP contribution in [0.3, 0.4) is 0 Å². The molecule has 2 rings (SSSR count). The molecule has 2 aromatic rings. The molecule has 5 heteroatoms. The van der Waals surface area contributed by atoms with Gasteiger partial charge in [-0.15, -0.1) is 0 Å². The Kier molecular flexibility index (Phi) is 3.99. The largest absolute Gasteiger partial charge is 0.497 e. The minimum Gasteiger partial charge on any atom is -0.497 e. The second-order valence-electron chi connectivity index (χ2n) is 4.42. The molecule has 1 atom stereocenters. The zero-order valence-corrected chi connectivity index (χ0v) is 11.0. The second kappa shape index (κ2) is 5.54. The van der Waals surface area contributed by atoms with E-state index in [1.54, 1.807) is 6.92 Å². The van der Waals surface area contributed by atoms with Crippen molar-refractivity contribution in [1.82, 2.24) is 0 Å². The quantitative estimate of drug-likeness (QED) is 0.933. The average Bonchev–Trinajstić information content (AvgIpc) is 2.40. The first-order chi connectivity index (χ1) is 9.43. The van der Waals surface area contributed by atoms with Crippen molar-refractivity contribution in [2.45, 2.75) is 13.0 Å². The van der Waals surface area contributed by atoms with Gasteiger partial charge in [-0.2, -0.15) is 0 Å². The minimum absolute atomic E-state index is 0.00559. The fraction of sp³-hybridized carbons (Fsp3) is 0.200. The molecular weight excluding hydrogens is 269 g/mol. The zero-order valence-electron chi connectivity index (χ0n) is 11.0. The topological polar surface area (TPSA) is 29.5 Å². The number of aliphatic hydroxyl groups excluding tert-OH is 1. The van der Waals surface area contributed by atoms with Crippen molar-refractivity contribution in [3.8, 4) is 5.75 Å². The number of aryl methyl sites for hydroxylation is 1. The van der Waals surface area contributed by atoms with Crippen LogP contribution in [0.25, 0.3) is 0 Å². The lowest BCUT2D eigenvalue weighted by molar-refractivity contribution is 0.208. The lowest BCUT2D eigenvalue weighted by Gasteiger charge is -2.15. The predicted molar refractivity (Wildman–Crippen MR) is 68.1 cm³/mol. The number of halogens is 3. The first-order valence-corrected chi connectivity index (χ1v) is 5.91. The fourth-order valence-corrected chi connectivity index (χ4v) is 1.89. The molecule has 0 aliphatic rings. The van der Waals surface area contributed by atoms with Crippen molar-refractivity contribution < 1.29 is 23.0 Å². The van der Waals surface area contributed by atoms with Crippen LogP contribution in [0.1, 0.15) is 22.8 Å². The number of ether oxygens (including phenoxy) is 1. The Bertz CT molecular complexity index is 618. The molecule has 0 heterocycles. The maximum atomic E-state index is 13.8. The lowest BCUT2D eigenvalue weighted by Crippen LogP contribution is -2.07. The van der Waals surface area contributed by atoms with Crippen LogP contribution in [0.2, 0.25) is 0 Å². The van der Waals surface area contributed by atoms with Crippen LogP contribution in [0.15, 0.2) is 30.3 Å². The Balaban J connectivity index is 2.47. The number of rotatable bonds is 3. The van der Waals surface area contributed by atoms with Crippen molar-refractivity contribution >= 4 is 0 Å². The molecule has 0 bridgehead atoms. The molecule has 0 aliphatic heterocycles. The summed E-state index contributed by atoms with van der Waals surface area (Å²) in [6.07, 6.45) is -1.59. The molecule has 1 N–H and O–H groups in total. The molecule has 0 fully saturated rings. The SMILES string of the molecule is COc1cc(F)c(C(O)c2ccc(C)c(F)c2)c(F)c1. The molecule has 0 radical (unpaired) electrons. The first-order valence-electron chi connectivity index (χ1n) is 5.91. The Morgan fingerprint density at radius 2 is 1.60 bits per heavy atom. The summed E-state index contributed by atoms with van der Waals surface area (Å²) < 4.78 is 45.9. The molecule has 0 aliphatic carbocycles. The number of benzene rings is 2. The van der Waals surface area contributed by atoms with E-state index in [0.29, 0.717) is 5.56 Å². The Morgan fingerprint density at radius 1 is 1.00 bits per heavy atom. The van der Waals surface area contributed by atoms with E-state index in [0.717, 1.165) is 18.2 Å². The number of hydrogen-bond acceptors (Lipinski definition) is 2. The summed E-state index contributed by atoms with van der Waals surface area (Å²) in [6, 6.07) is 5.85. The third-order valence-electron chi connectivity index (χ3n) is 3.07. The van der Waals surface area contributed by atoms with E-state index in [-0.39, 0.29) is 11.3 Å². The molecule has 2 nitrogen and oxygen atoms in total. The molecule has 106 valence electrons. The summed E-state index contributed by atoms with van der Waals surface area (Å²) in [4.78, 5) is 0. The van der Waals surface area contributed by atoms with Gasteiger partial charge in [-0.3, -0.25) is 0 Å². The molecule has 0 saturated carbocycles. The van der Waals surface area contributed by atoms with Crippen molar-refractivity contribution in [2.24, 2.45) is 0 Å². The van der Waals surface area contributed by atoms with Crippen molar-refractivity contribution in [3.05, 3.63) is 64.5 Å². The van der Waals surface area contributed by atoms with Gasteiger partial charge in [-0.1, -0.05) is 12.1 Å². The van der Waals surface area contributed by atoms with Crippen molar-refractivity contribution in [1.29, 1.82) is 0 Å². The van der Waals surface area contributed by atoms with E-state index in [4.69, 9.17) is 4.74 Å². The highest BCUT2D eigenvalue weighted by Crippen LogP contribution is 2.30. The number of methoxy groups -OCH3 is 1. The highest BCUT2D eigenvalue weighted by Gasteiger charge is 2.21. The van der Waals surface area contributed by atoms with Crippen LogP contribution in [0.5, 0.6) is 5.75 Å². The smallest absolute Gasteiger partial charge is 0.135 e. The van der Waals surface area contributed by atoms with E-state index < -0.39 is 29.1 Å². The maximum absolute atomic E-state index is 13.8. The molecule has 0 aromatic heterocycles. The molecule has 0 spiro atoms. The van der Waals surface area contributed by atoms with Crippen LogP contribution in [0, 0.1) is 24.4 Å². The van der Waals surface area contributed by atoms with Gasteiger partial charge in [0.2, 0.25) is 0 Å². The number of hydrogen-bond donors (Lipinski definition) is 1. The molecule has 1 unspecified atom stereocenters. The molecule has 0 saturated heterocycles. The Morgan fingerprint density at radius 3 is 2.10 bits per heavy atom. The second-order valence-corrected chi connectivity index (χ2v) is 4.42. The minimum atomic E-state index is -1.59. The van der Waals surface area contributed by atoms with E-state index in [2.05, 4.69) is 0 Å². The van der Waals surface area contributed by atoms with Gasteiger partial charge in [0.05, 0.1) is 12.7 Å². The summed E-state index contributed by atoms with van der Waals surface area (Å²) in [7, 11) is 1.28. The summed E-state index contributed by atoms with van der Waals surface area (Å²) in [6.45, 7) is 1.56. The Labute approximate surface area is 114 Å². The average molecular weight is 282 g/mol. The van der Waals surface area contributed by atoms with E-state index in [1.807, 2.05) is 0 Å². The molecule has 2 aromatic carbocycles. The van der Waals surface area contributed by atoms with Crippen LogP contribution in [-0.4, -0.2) is 12.2 Å². The van der Waals surface area contributed by atoms with Crippen LogP contribution in [-0.2, 0) is 0 Å². The van der Waals surface area contributed by atoms with E-state index >= 15 is 0 Å². The van der Waals surface area contributed by atoms with Crippen LogP contribution >= 0.6 is 0 Å². The normalized spacial score (nSPS) is 12.3. The van der Waals surface area contributed by atoms with E-state index in [1.165, 1.54) is 19.2 Å². The standard InChI is InChI=1S/C15H13F3O2/c1-8-3-4-9(5-11(8)16)15(19)14-12(17)6-10(20-2)7-13(14)18/h3-7,15,19H,1-2H3. The molecule has 20 heavy (non-hydrogen) atoms. The molecular formula is C15H13F3O2.